The van der Waals surface area contributed by atoms with Crippen LogP contribution in [-0.4, -0.2) is 18.1 Å². The molecule has 4 rings (SSSR count). The Hall–Kier alpha value is -4.14. The molecule has 0 aliphatic carbocycles. The van der Waals surface area contributed by atoms with E-state index in [9.17, 15) is 10.1 Å². The number of ether oxygens (including phenoxy) is 2. The van der Waals surface area contributed by atoms with Gasteiger partial charge in [0.25, 0.3) is 0 Å². The average Bonchev–Trinajstić information content (AvgIpc) is 2.84. The maximum atomic E-state index is 11.7. The second-order valence-electron chi connectivity index (χ2n) is 6.83. The van der Waals surface area contributed by atoms with Gasteiger partial charge in [-0.1, -0.05) is 41.9 Å². The van der Waals surface area contributed by atoms with Gasteiger partial charge in [0.05, 0.1) is 34.6 Å². The molecule has 32 heavy (non-hydrogen) atoms. The Labute approximate surface area is 190 Å². The van der Waals surface area contributed by atoms with Crippen molar-refractivity contribution in [1.82, 2.24) is 4.98 Å². The van der Waals surface area contributed by atoms with Crippen LogP contribution in [0.1, 0.15) is 15.9 Å². The summed E-state index contributed by atoms with van der Waals surface area (Å²) in [6, 6.07) is 27.4. The van der Waals surface area contributed by atoms with Crippen LogP contribution < -0.4 is 4.74 Å². The minimum absolute atomic E-state index is 0.290. The Morgan fingerprint density at radius 3 is 2.16 bits per heavy atom. The lowest BCUT2D eigenvalue weighted by atomic mass is 10.0. The number of pyridine rings is 1. The fourth-order valence-electron chi connectivity index (χ4n) is 3.18. The summed E-state index contributed by atoms with van der Waals surface area (Å²) >= 11 is 6.42. The summed E-state index contributed by atoms with van der Waals surface area (Å²) in [5, 5.41) is 9.95. The number of para-hydroxylation sites is 1. The molecule has 0 saturated heterocycles. The van der Waals surface area contributed by atoms with Crippen LogP contribution in [0.4, 0.5) is 0 Å². The lowest BCUT2D eigenvalue weighted by Crippen LogP contribution is -2.00. The van der Waals surface area contributed by atoms with E-state index in [1.165, 1.54) is 7.11 Å². The monoisotopic (exact) mass is 440 g/mol. The Morgan fingerprint density at radius 2 is 1.53 bits per heavy atom. The molecule has 0 aliphatic rings. The summed E-state index contributed by atoms with van der Waals surface area (Å²) in [6.07, 6.45) is 0. The Morgan fingerprint density at radius 1 is 0.906 bits per heavy atom. The largest absolute Gasteiger partial charge is 0.465 e. The predicted octanol–water partition coefficient (Wildman–Crippen LogP) is 6.52. The van der Waals surface area contributed by atoms with Gasteiger partial charge in [0, 0.05) is 11.1 Å². The van der Waals surface area contributed by atoms with Gasteiger partial charge in [-0.05, 0) is 54.6 Å². The zero-order chi connectivity index (χ0) is 22.5. The first-order chi connectivity index (χ1) is 15.6. The van der Waals surface area contributed by atoms with Crippen LogP contribution in [0.15, 0.2) is 84.9 Å². The number of hydrogen-bond acceptors (Lipinski definition) is 5. The number of carbonyl (C=O) groups is 1. The Kier molecular flexibility index (Phi) is 6.16. The molecule has 1 aromatic heterocycles. The number of benzene rings is 3. The summed E-state index contributed by atoms with van der Waals surface area (Å²) < 4.78 is 10.6. The number of methoxy groups -OCH3 is 1. The van der Waals surface area contributed by atoms with E-state index in [-0.39, 0.29) is 0 Å². The number of carbonyl (C=O) groups excluding carboxylic acids is 1. The van der Waals surface area contributed by atoms with Gasteiger partial charge < -0.3 is 9.47 Å². The molecule has 0 bridgehead atoms. The number of rotatable bonds is 5. The summed E-state index contributed by atoms with van der Waals surface area (Å²) in [5.74, 6) is 0.983. The number of nitrogens with zero attached hydrogens (tertiary/aromatic N) is 2. The normalized spacial score (nSPS) is 10.3. The van der Waals surface area contributed by atoms with Crippen LogP contribution in [0, 0.1) is 11.3 Å². The molecule has 0 spiro atoms. The smallest absolute Gasteiger partial charge is 0.337 e. The van der Waals surface area contributed by atoms with Crippen molar-refractivity contribution in [3.63, 3.8) is 0 Å². The quantitative estimate of drug-likeness (QED) is 0.330. The van der Waals surface area contributed by atoms with Gasteiger partial charge in [-0.25, -0.2) is 9.78 Å². The molecule has 0 unspecified atom stereocenters. The molecule has 0 saturated carbocycles. The van der Waals surface area contributed by atoms with Crippen molar-refractivity contribution in [2.24, 2.45) is 0 Å². The van der Waals surface area contributed by atoms with Crippen molar-refractivity contribution in [3.8, 4) is 40.1 Å². The van der Waals surface area contributed by atoms with Crippen molar-refractivity contribution >= 4 is 17.6 Å². The molecule has 0 atom stereocenters. The third kappa shape index (κ3) is 4.46. The number of aromatic nitrogens is 1. The zero-order valence-electron chi connectivity index (χ0n) is 17.1. The van der Waals surface area contributed by atoms with Crippen LogP contribution in [0.3, 0.4) is 0 Å². The van der Waals surface area contributed by atoms with Crippen molar-refractivity contribution in [3.05, 3.63) is 101 Å². The van der Waals surface area contributed by atoms with E-state index in [0.717, 1.165) is 16.9 Å². The Balaban J connectivity index is 1.68. The molecule has 4 aromatic rings. The van der Waals surface area contributed by atoms with Gasteiger partial charge in [-0.15, -0.1) is 0 Å². The molecule has 0 aliphatic heterocycles. The first-order valence-electron chi connectivity index (χ1n) is 9.72. The average molecular weight is 441 g/mol. The first-order valence-corrected chi connectivity index (χ1v) is 10.1. The predicted molar refractivity (Wildman–Crippen MR) is 123 cm³/mol. The standard InChI is InChI=1S/C26H17ClN2O3/c1-31-26(30)19-9-7-17(8-10-19)24-15-23(27)22(16-28)25(29-24)18-11-13-21(14-12-18)32-20-5-3-2-4-6-20/h2-15H,1H3. The van der Waals surface area contributed by atoms with Crippen molar-refractivity contribution in [2.45, 2.75) is 0 Å². The van der Waals surface area contributed by atoms with Crippen LogP contribution in [0.2, 0.25) is 5.02 Å². The highest BCUT2D eigenvalue weighted by Crippen LogP contribution is 2.33. The molecule has 5 nitrogen and oxygen atoms in total. The maximum Gasteiger partial charge on any atom is 0.337 e. The number of nitriles is 1. The van der Waals surface area contributed by atoms with E-state index in [1.54, 1.807) is 30.3 Å². The molecule has 156 valence electrons. The molecular formula is C26H17ClN2O3. The van der Waals surface area contributed by atoms with Crippen molar-refractivity contribution in [1.29, 1.82) is 5.26 Å². The van der Waals surface area contributed by atoms with Gasteiger partial charge in [-0.2, -0.15) is 5.26 Å². The molecule has 6 heteroatoms. The summed E-state index contributed by atoms with van der Waals surface area (Å²) in [4.78, 5) is 16.4. The van der Waals surface area contributed by atoms with E-state index in [0.29, 0.717) is 33.3 Å². The molecule has 0 amide bonds. The van der Waals surface area contributed by atoms with Crippen LogP contribution >= 0.6 is 11.6 Å². The second kappa shape index (κ2) is 9.34. The highest BCUT2D eigenvalue weighted by molar-refractivity contribution is 6.32. The maximum absolute atomic E-state index is 11.7. The Bertz CT molecular complexity index is 1300. The van der Waals surface area contributed by atoms with Crippen molar-refractivity contribution < 1.29 is 14.3 Å². The number of esters is 1. The fraction of sp³-hybridized carbons (Fsp3) is 0.0385. The van der Waals surface area contributed by atoms with Gasteiger partial charge in [-0.3, -0.25) is 0 Å². The summed E-state index contributed by atoms with van der Waals surface area (Å²) in [7, 11) is 1.33. The second-order valence-corrected chi connectivity index (χ2v) is 7.24. The third-order valence-electron chi connectivity index (χ3n) is 4.79. The van der Waals surface area contributed by atoms with E-state index >= 15 is 0 Å². The third-order valence-corrected chi connectivity index (χ3v) is 5.09. The topological polar surface area (TPSA) is 72.2 Å². The van der Waals surface area contributed by atoms with Gasteiger partial charge in [0.15, 0.2) is 0 Å². The molecular weight excluding hydrogens is 424 g/mol. The number of hydrogen-bond donors (Lipinski definition) is 0. The van der Waals surface area contributed by atoms with E-state index in [4.69, 9.17) is 21.1 Å². The minimum Gasteiger partial charge on any atom is -0.465 e. The van der Waals surface area contributed by atoms with Crippen LogP contribution in [0.5, 0.6) is 11.5 Å². The molecule has 0 N–H and O–H groups in total. The molecule has 0 radical (unpaired) electrons. The molecule has 0 fully saturated rings. The molecule has 3 aromatic carbocycles. The number of halogens is 1. The SMILES string of the molecule is COC(=O)c1ccc(-c2cc(Cl)c(C#N)c(-c3ccc(Oc4ccccc4)cc3)n2)cc1. The van der Waals surface area contributed by atoms with Crippen LogP contribution in [-0.2, 0) is 4.74 Å². The van der Waals surface area contributed by atoms with E-state index in [2.05, 4.69) is 11.1 Å². The van der Waals surface area contributed by atoms with Gasteiger partial charge in [0.1, 0.15) is 17.6 Å². The van der Waals surface area contributed by atoms with E-state index < -0.39 is 5.97 Å². The summed E-state index contributed by atoms with van der Waals surface area (Å²) in [5.41, 5.74) is 3.28. The van der Waals surface area contributed by atoms with Crippen molar-refractivity contribution in [2.75, 3.05) is 7.11 Å². The van der Waals surface area contributed by atoms with Crippen LogP contribution in [0.25, 0.3) is 22.5 Å². The molecule has 1 heterocycles. The minimum atomic E-state index is -0.416. The van der Waals surface area contributed by atoms with E-state index in [1.807, 2.05) is 54.6 Å². The lowest BCUT2D eigenvalue weighted by molar-refractivity contribution is 0.0600. The zero-order valence-corrected chi connectivity index (χ0v) is 17.8. The van der Waals surface area contributed by atoms with Gasteiger partial charge in [0.2, 0.25) is 0 Å². The summed E-state index contributed by atoms with van der Waals surface area (Å²) in [6.45, 7) is 0. The highest BCUT2D eigenvalue weighted by Gasteiger charge is 2.15. The van der Waals surface area contributed by atoms with Gasteiger partial charge >= 0.3 is 5.97 Å². The first kappa shape index (κ1) is 21.1. The fourth-order valence-corrected chi connectivity index (χ4v) is 3.41. The lowest BCUT2D eigenvalue weighted by Gasteiger charge is -2.11. The highest BCUT2D eigenvalue weighted by atomic mass is 35.5.